The van der Waals surface area contributed by atoms with E-state index in [0.717, 1.165) is 12.5 Å². The molecule has 1 aromatic rings. The first-order chi connectivity index (χ1) is 6.45. The fourth-order valence-electron chi connectivity index (χ4n) is 2.07. The van der Waals surface area contributed by atoms with Crippen LogP contribution in [0, 0.1) is 5.92 Å². The molecule has 1 heterocycles. The highest BCUT2D eigenvalue weighted by atomic mass is 15.4. The smallest absolute Gasteiger partial charge is 0.0342 e. The molecule has 0 amide bonds. The Bertz CT molecular complexity index is 222. The zero-order valence-electron chi connectivity index (χ0n) is 8.08. The van der Waals surface area contributed by atoms with Gasteiger partial charge >= 0.3 is 0 Å². The van der Waals surface area contributed by atoms with Crippen LogP contribution < -0.4 is 5.43 Å². The van der Waals surface area contributed by atoms with Crippen molar-refractivity contribution in [1.82, 2.24) is 4.68 Å². The first-order valence-corrected chi connectivity index (χ1v) is 5.32. The molecule has 0 unspecified atom stereocenters. The molecule has 1 N–H and O–H groups in total. The third-order valence-corrected chi connectivity index (χ3v) is 2.89. The van der Waals surface area contributed by atoms with Crippen LogP contribution in [-0.4, -0.2) is 11.2 Å². The molecule has 0 spiro atoms. The van der Waals surface area contributed by atoms with Gasteiger partial charge in [0.15, 0.2) is 0 Å². The molecule has 1 aliphatic rings. The lowest BCUT2D eigenvalue weighted by Gasteiger charge is -2.22. The lowest BCUT2D eigenvalue weighted by atomic mass is 9.89. The van der Waals surface area contributed by atoms with Crippen LogP contribution in [0.4, 0.5) is 0 Å². The van der Waals surface area contributed by atoms with E-state index in [1.807, 2.05) is 12.1 Å². The lowest BCUT2D eigenvalue weighted by molar-refractivity contribution is 0.366. The van der Waals surface area contributed by atoms with E-state index < -0.39 is 0 Å². The van der Waals surface area contributed by atoms with Crippen molar-refractivity contribution in [3.63, 3.8) is 0 Å². The summed E-state index contributed by atoms with van der Waals surface area (Å²) in [6.07, 6.45) is 11.2. The Balaban J connectivity index is 1.72. The summed E-state index contributed by atoms with van der Waals surface area (Å²) >= 11 is 0. The molecular formula is C11H18N2. The van der Waals surface area contributed by atoms with Gasteiger partial charge in [-0.2, -0.15) is 0 Å². The third kappa shape index (κ3) is 2.51. The highest BCUT2D eigenvalue weighted by Crippen LogP contribution is 2.22. The van der Waals surface area contributed by atoms with Gasteiger partial charge in [-0.25, -0.2) is 0 Å². The molecule has 0 radical (unpaired) electrons. The maximum absolute atomic E-state index is 3.41. The Morgan fingerprint density at radius 1 is 1.08 bits per heavy atom. The second kappa shape index (κ2) is 4.35. The maximum Gasteiger partial charge on any atom is 0.0342 e. The van der Waals surface area contributed by atoms with Crippen molar-refractivity contribution >= 4 is 0 Å². The molecule has 0 saturated heterocycles. The summed E-state index contributed by atoms with van der Waals surface area (Å²) in [6, 6.07) is 4.10. The Morgan fingerprint density at radius 3 is 2.46 bits per heavy atom. The van der Waals surface area contributed by atoms with Crippen LogP contribution in [-0.2, 0) is 0 Å². The van der Waals surface area contributed by atoms with Gasteiger partial charge in [-0.15, -0.1) is 0 Å². The van der Waals surface area contributed by atoms with Crippen LogP contribution in [0.2, 0.25) is 0 Å². The lowest BCUT2D eigenvalue weighted by Crippen LogP contribution is -2.22. The van der Waals surface area contributed by atoms with Gasteiger partial charge in [0.1, 0.15) is 0 Å². The first-order valence-electron chi connectivity index (χ1n) is 5.32. The third-order valence-electron chi connectivity index (χ3n) is 2.89. The van der Waals surface area contributed by atoms with E-state index in [9.17, 15) is 0 Å². The number of nitrogens with zero attached hydrogens (tertiary/aromatic N) is 1. The fourth-order valence-corrected chi connectivity index (χ4v) is 2.07. The molecule has 72 valence electrons. The van der Waals surface area contributed by atoms with Crippen molar-refractivity contribution in [3.05, 3.63) is 24.5 Å². The van der Waals surface area contributed by atoms with Crippen molar-refractivity contribution < 1.29 is 0 Å². The monoisotopic (exact) mass is 178 g/mol. The minimum absolute atomic E-state index is 0.899. The summed E-state index contributed by atoms with van der Waals surface area (Å²) in [7, 11) is 0. The van der Waals surface area contributed by atoms with Gasteiger partial charge in [-0.1, -0.05) is 19.3 Å². The highest BCUT2D eigenvalue weighted by Gasteiger charge is 2.12. The largest absolute Gasteiger partial charge is 0.326 e. The van der Waals surface area contributed by atoms with Crippen LogP contribution in [0.1, 0.15) is 32.1 Å². The van der Waals surface area contributed by atoms with Crippen LogP contribution in [0.5, 0.6) is 0 Å². The predicted molar refractivity (Wildman–Crippen MR) is 55.2 cm³/mol. The van der Waals surface area contributed by atoms with Gasteiger partial charge in [0.2, 0.25) is 0 Å². The van der Waals surface area contributed by atoms with Gasteiger partial charge in [-0.3, -0.25) is 4.68 Å². The summed E-state index contributed by atoms with van der Waals surface area (Å²) in [5.74, 6) is 0.899. The first kappa shape index (κ1) is 8.67. The quantitative estimate of drug-likeness (QED) is 0.753. The number of aromatic nitrogens is 1. The molecule has 0 aliphatic heterocycles. The Kier molecular flexibility index (Phi) is 2.90. The van der Waals surface area contributed by atoms with E-state index in [2.05, 4.69) is 22.5 Å². The second-order valence-electron chi connectivity index (χ2n) is 3.96. The van der Waals surface area contributed by atoms with Crippen LogP contribution in [0.25, 0.3) is 0 Å². The zero-order valence-corrected chi connectivity index (χ0v) is 8.08. The summed E-state index contributed by atoms with van der Waals surface area (Å²) < 4.78 is 2.05. The van der Waals surface area contributed by atoms with E-state index in [0.29, 0.717) is 0 Å². The van der Waals surface area contributed by atoms with Crippen molar-refractivity contribution in [3.8, 4) is 0 Å². The number of nitrogens with one attached hydrogen (secondary N) is 1. The van der Waals surface area contributed by atoms with Gasteiger partial charge in [0.25, 0.3) is 0 Å². The van der Waals surface area contributed by atoms with E-state index >= 15 is 0 Å². The topological polar surface area (TPSA) is 17.0 Å². The molecule has 0 atom stereocenters. The van der Waals surface area contributed by atoms with Gasteiger partial charge in [0, 0.05) is 18.9 Å². The Morgan fingerprint density at radius 2 is 1.77 bits per heavy atom. The molecule has 2 nitrogen and oxygen atoms in total. The Labute approximate surface area is 79.9 Å². The highest BCUT2D eigenvalue weighted by molar-refractivity contribution is 4.93. The van der Waals surface area contributed by atoms with Crippen LogP contribution in [0.15, 0.2) is 24.5 Å². The van der Waals surface area contributed by atoms with E-state index in [1.54, 1.807) is 0 Å². The predicted octanol–water partition coefficient (Wildman–Crippen LogP) is 2.61. The van der Waals surface area contributed by atoms with E-state index in [4.69, 9.17) is 0 Å². The van der Waals surface area contributed by atoms with Gasteiger partial charge < -0.3 is 5.43 Å². The molecule has 1 aromatic heterocycles. The summed E-state index contributed by atoms with van der Waals surface area (Å²) in [4.78, 5) is 0. The molecule has 0 aromatic carbocycles. The summed E-state index contributed by atoms with van der Waals surface area (Å²) in [5.41, 5.74) is 3.41. The standard InChI is InChI=1S/C11H18N2/c1-2-6-11(7-3-1)10-12-13-8-4-5-9-13/h4-5,8-9,11-12H,1-3,6-7,10H2. The van der Waals surface area contributed by atoms with Crippen LogP contribution in [0.3, 0.4) is 0 Å². The number of hydrogen-bond donors (Lipinski definition) is 1. The summed E-state index contributed by atoms with van der Waals surface area (Å²) in [6.45, 7) is 1.13. The van der Waals surface area contributed by atoms with Crippen molar-refractivity contribution in [1.29, 1.82) is 0 Å². The van der Waals surface area contributed by atoms with Gasteiger partial charge in [-0.05, 0) is 30.9 Å². The normalized spacial score (nSPS) is 18.8. The summed E-state index contributed by atoms with van der Waals surface area (Å²) in [5, 5.41) is 0. The minimum atomic E-state index is 0.899. The average molecular weight is 178 g/mol. The molecule has 2 heteroatoms. The van der Waals surface area contributed by atoms with Crippen LogP contribution >= 0.6 is 0 Å². The SMILES string of the molecule is c1ccn(NCC2CCCCC2)c1. The average Bonchev–Trinajstić information content (AvgIpc) is 2.69. The molecule has 13 heavy (non-hydrogen) atoms. The second-order valence-corrected chi connectivity index (χ2v) is 3.96. The zero-order chi connectivity index (χ0) is 8.93. The minimum Gasteiger partial charge on any atom is -0.326 e. The van der Waals surface area contributed by atoms with E-state index in [1.165, 1.54) is 32.1 Å². The molecule has 0 bridgehead atoms. The number of rotatable bonds is 3. The van der Waals surface area contributed by atoms with Crippen molar-refractivity contribution in [2.45, 2.75) is 32.1 Å². The Hall–Kier alpha value is -0.920. The number of hydrogen-bond acceptors (Lipinski definition) is 1. The molecular weight excluding hydrogens is 160 g/mol. The van der Waals surface area contributed by atoms with E-state index in [-0.39, 0.29) is 0 Å². The fraction of sp³-hybridized carbons (Fsp3) is 0.636. The molecule has 2 rings (SSSR count). The maximum atomic E-state index is 3.41. The molecule has 1 saturated carbocycles. The molecule has 1 fully saturated rings. The van der Waals surface area contributed by atoms with Gasteiger partial charge in [0.05, 0.1) is 0 Å². The molecule has 1 aliphatic carbocycles. The van der Waals surface area contributed by atoms with Crippen molar-refractivity contribution in [2.24, 2.45) is 5.92 Å². The van der Waals surface area contributed by atoms with Crippen molar-refractivity contribution in [2.75, 3.05) is 12.0 Å².